The summed E-state index contributed by atoms with van der Waals surface area (Å²) in [5, 5.41) is 11.6. The van der Waals surface area contributed by atoms with Gasteiger partial charge >= 0.3 is 6.09 Å². The molecular weight excluding hydrogens is 520 g/mol. The number of furan rings is 1. The third kappa shape index (κ3) is 5.82. The molecule has 2 heterocycles. The van der Waals surface area contributed by atoms with Crippen molar-refractivity contribution in [3.63, 3.8) is 0 Å². The Morgan fingerprint density at radius 2 is 1.79 bits per heavy atom. The summed E-state index contributed by atoms with van der Waals surface area (Å²) in [6, 6.07) is 13.9. The number of amides is 2. The van der Waals surface area contributed by atoms with E-state index in [9.17, 15) is 22.8 Å². The van der Waals surface area contributed by atoms with Crippen LogP contribution in [0.4, 0.5) is 22.4 Å². The zero-order chi connectivity index (χ0) is 27.7. The van der Waals surface area contributed by atoms with Gasteiger partial charge in [-0.3, -0.25) is 4.79 Å². The lowest BCUT2D eigenvalue weighted by Gasteiger charge is -2.31. The predicted octanol–water partition coefficient (Wildman–Crippen LogP) is 6.81. The molecule has 0 unspecified atom stereocenters. The van der Waals surface area contributed by atoms with Gasteiger partial charge in [0.15, 0.2) is 11.3 Å². The van der Waals surface area contributed by atoms with Crippen molar-refractivity contribution in [2.75, 3.05) is 13.1 Å². The summed E-state index contributed by atoms with van der Waals surface area (Å²) in [7, 11) is 0. The van der Waals surface area contributed by atoms with Crippen molar-refractivity contribution < 1.29 is 41.4 Å². The number of carboxylic acid groups (broad SMARTS) is 1. The number of carbonyl (C=O) groups excluding carboxylic acids is 1. The van der Waals surface area contributed by atoms with E-state index in [4.69, 9.17) is 14.3 Å². The molecule has 202 valence electrons. The minimum Gasteiger partial charge on any atom is -0.465 e. The number of hydrogen-bond donors (Lipinski definition) is 2. The number of benzene rings is 3. The Balaban J connectivity index is 1.49. The van der Waals surface area contributed by atoms with Crippen LogP contribution in [0.1, 0.15) is 29.0 Å². The van der Waals surface area contributed by atoms with E-state index < -0.39 is 42.4 Å². The number of carbonyl (C=O) groups is 2. The first-order valence-electron chi connectivity index (χ1n) is 12.0. The predicted molar refractivity (Wildman–Crippen MR) is 133 cm³/mol. The monoisotopic (exact) mass is 542 g/mol. The molecule has 4 aromatic rings. The summed E-state index contributed by atoms with van der Waals surface area (Å²) in [6.07, 6.45) is -2.13. The second kappa shape index (κ2) is 10.3. The van der Waals surface area contributed by atoms with Crippen molar-refractivity contribution in [2.45, 2.75) is 25.3 Å². The zero-order valence-corrected chi connectivity index (χ0v) is 20.3. The molecule has 1 aromatic heterocycles. The molecule has 0 radical (unpaired) electrons. The van der Waals surface area contributed by atoms with Gasteiger partial charge in [-0.2, -0.15) is 0 Å². The number of fused-ring (bicyclic) bond motifs is 1. The molecule has 0 spiro atoms. The number of hydrogen-bond acceptors (Lipinski definition) is 4. The molecule has 1 aliphatic rings. The molecule has 3 aromatic carbocycles. The van der Waals surface area contributed by atoms with Crippen molar-refractivity contribution in [3.05, 3.63) is 83.6 Å². The molecule has 1 aliphatic heterocycles. The molecule has 39 heavy (non-hydrogen) atoms. The van der Waals surface area contributed by atoms with Crippen molar-refractivity contribution in [1.82, 2.24) is 10.2 Å². The van der Waals surface area contributed by atoms with E-state index in [1.54, 1.807) is 12.1 Å². The standard InChI is InChI=1S/C28H22F4N2O5/c29-19-2-1-3-20(14-19)38-24-13-17(10-18-11-21(39-25(18)24)15-33-27(36)37)22-5-4-16(12-23(22)30)26(35)34-8-6-28(31,32)7-9-34/h1-5,10-14,33H,6-9,15H2,(H,36,37). The van der Waals surface area contributed by atoms with Gasteiger partial charge in [0, 0.05) is 48.5 Å². The van der Waals surface area contributed by atoms with Crippen molar-refractivity contribution in [3.8, 4) is 22.6 Å². The van der Waals surface area contributed by atoms with Crippen LogP contribution in [0.25, 0.3) is 22.1 Å². The quantitative estimate of drug-likeness (QED) is 0.261. The first-order valence-corrected chi connectivity index (χ1v) is 12.0. The number of nitrogens with one attached hydrogen (secondary N) is 1. The maximum absolute atomic E-state index is 15.3. The lowest BCUT2D eigenvalue weighted by atomic mass is 10.00. The van der Waals surface area contributed by atoms with E-state index in [2.05, 4.69) is 5.32 Å². The molecule has 2 N–H and O–H groups in total. The number of halogens is 4. The Morgan fingerprint density at radius 1 is 1.03 bits per heavy atom. The average Bonchev–Trinajstić information content (AvgIpc) is 3.30. The van der Waals surface area contributed by atoms with E-state index in [1.807, 2.05) is 0 Å². The molecule has 11 heteroatoms. The molecular formula is C28H22F4N2O5. The molecule has 2 amide bonds. The van der Waals surface area contributed by atoms with Crippen molar-refractivity contribution in [1.29, 1.82) is 0 Å². The van der Waals surface area contributed by atoms with Gasteiger partial charge < -0.3 is 24.5 Å². The van der Waals surface area contributed by atoms with Gasteiger partial charge in [0.1, 0.15) is 23.1 Å². The number of likely N-dealkylation sites (tertiary alicyclic amines) is 1. The van der Waals surface area contributed by atoms with Crippen LogP contribution in [0.3, 0.4) is 0 Å². The highest BCUT2D eigenvalue weighted by atomic mass is 19.3. The van der Waals surface area contributed by atoms with Gasteiger partial charge in [-0.25, -0.2) is 22.4 Å². The summed E-state index contributed by atoms with van der Waals surface area (Å²) >= 11 is 0. The van der Waals surface area contributed by atoms with Crippen molar-refractivity contribution in [2.24, 2.45) is 0 Å². The van der Waals surface area contributed by atoms with Gasteiger partial charge in [-0.1, -0.05) is 12.1 Å². The Hall–Kier alpha value is -4.54. The van der Waals surface area contributed by atoms with Crippen LogP contribution in [0.15, 0.2) is 65.1 Å². The average molecular weight is 542 g/mol. The fourth-order valence-corrected chi connectivity index (χ4v) is 4.41. The van der Waals surface area contributed by atoms with Gasteiger partial charge in [0.05, 0.1) is 6.54 Å². The summed E-state index contributed by atoms with van der Waals surface area (Å²) < 4.78 is 67.6. The van der Waals surface area contributed by atoms with Crippen LogP contribution >= 0.6 is 0 Å². The van der Waals surface area contributed by atoms with Gasteiger partial charge in [0.25, 0.3) is 11.8 Å². The molecule has 0 aliphatic carbocycles. The Bertz CT molecular complexity index is 1560. The van der Waals surface area contributed by atoms with Gasteiger partial charge in [0.2, 0.25) is 0 Å². The Kier molecular flexibility index (Phi) is 6.90. The summed E-state index contributed by atoms with van der Waals surface area (Å²) in [6.45, 7) is -0.370. The SMILES string of the molecule is O=C(O)NCc1cc2cc(-c3ccc(C(=O)N4CCC(F)(F)CC4)cc3F)cc(Oc3cccc(F)c3)c2o1. The van der Waals surface area contributed by atoms with Crippen LogP contribution in [-0.2, 0) is 6.54 Å². The van der Waals surface area contributed by atoms with E-state index in [1.165, 1.54) is 41.3 Å². The minimum absolute atomic E-state index is 0.0316. The molecule has 0 atom stereocenters. The largest absolute Gasteiger partial charge is 0.465 e. The van der Waals surface area contributed by atoms with Crippen LogP contribution in [0, 0.1) is 11.6 Å². The van der Waals surface area contributed by atoms with Crippen LogP contribution in [-0.4, -0.2) is 41.0 Å². The topological polar surface area (TPSA) is 92.0 Å². The number of rotatable bonds is 6. The summed E-state index contributed by atoms with van der Waals surface area (Å²) in [5.41, 5.74) is 0.735. The number of ether oxygens (including phenoxy) is 1. The summed E-state index contributed by atoms with van der Waals surface area (Å²) in [5.74, 6) is -4.06. The van der Waals surface area contributed by atoms with Crippen LogP contribution < -0.4 is 10.1 Å². The zero-order valence-electron chi connectivity index (χ0n) is 20.3. The van der Waals surface area contributed by atoms with Gasteiger partial charge in [-0.05, 0) is 48.0 Å². The smallest absolute Gasteiger partial charge is 0.405 e. The second-order valence-corrected chi connectivity index (χ2v) is 9.17. The van der Waals surface area contributed by atoms with Gasteiger partial charge in [-0.15, -0.1) is 0 Å². The normalized spacial score (nSPS) is 14.8. The fraction of sp³-hybridized carbons (Fsp3) is 0.214. The van der Waals surface area contributed by atoms with E-state index >= 15 is 4.39 Å². The van der Waals surface area contributed by atoms with Crippen LogP contribution in [0.5, 0.6) is 11.5 Å². The third-order valence-electron chi connectivity index (χ3n) is 6.38. The van der Waals surface area contributed by atoms with E-state index in [0.717, 1.165) is 12.1 Å². The maximum Gasteiger partial charge on any atom is 0.405 e. The summed E-state index contributed by atoms with van der Waals surface area (Å²) in [4.78, 5) is 25.0. The Labute approximate surface area is 219 Å². The second-order valence-electron chi connectivity index (χ2n) is 9.17. The lowest BCUT2D eigenvalue weighted by Crippen LogP contribution is -2.42. The van der Waals surface area contributed by atoms with Crippen LogP contribution in [0.2, 0.25) is 0 Å². The fourth-order valence-electron chi connectivity index (χ4n) is 4.41. The van der Waals surface area contributed by atoms with E-state index in [0.29, 0.717) is 10.9 Å². The number of piperidine rings is 1. The minimum atomic E-state index is -2.81. The highest BCUT2D eigenvalue weighted by Gasteiger charge is 2.36. The highest BCUT2D eigenvalue weighted by molar-refractivity contribution is 5.95. The third-order valence-corrected chi connectivity index (χ3v) is 6.38. The number of alkyl halides is 2. The van der Waals surface area contributed by atoms with E-state index in [-0.39, 0.29) is 53.6 Å². The first-order chi connectivity index (χ1) is 18.6. The maximum atomic E-state index is 15.3. The highest BCUT2D eigenvalue weighted by Crippen LogP contribution is 2.38. The molecule has 7 nitrogen and oxygen atoms in total. The molecule has 0 bridgehead atoms. The first kappa shape index (κ1) is 26.1. The Morgan fingerprint density at radius 3 is 2.49 bits per heavy atom. The molecule has 1 fully saturated rings. The number of nitrogens with zero attached hydrogens (tertiary/aromatic N) is 1. The molecule has 0 saturated carbocycles. The molecule has 1 saturated heterocycles. The lowest BCUT2D eigenvalue weighted by molar-refractivity contribution is -0.0494. The molecule has 5 rings (SSSR count). The van der Waals surface area contributed by atoms with Crippen molar-refractivity contribution >= 4 is 23.0 Å².